The first kappa shape index (κ1) is 52.7. The van der Waals surface area contributed by atoms with Crippen molar-refractivity contribution in [3.05, 3.63) is 0 Å². The van der Waals surface area contributed by atoms with Gasteiger partial charge in [0.1, 0.15) is 31.0 Å². The summed E-state index contributed by atoms with van der Waals surface area (Å²) in [6, 6.07) is 0. The molecular formula is C44H80O13. The Morgan fingerprint density at radius 1 is 0.526 bits per heavy atom. The summed E-state index contributed by atoms with van der Waals surface area (Å²) in [6.45, 7) is 15.1. The second kappa shape index (κ2) is 31.6. The molecule has 0 aromatic rings. The number of unbranched alkanes of at least 4 members (excludes halogenated alkanes) is 4. The fourth-order valence-corrected chi connectivity index (χ4v) is 6.84. The highest BCUT2D eigenvalue weighted by Gasteiger charge is 2.42. The quantitative estimate of drug-likeness (QED) is 0.0490. The minimum Gasteiger partial charge on any atom is -0.461 e. The van der Waals surface area contributed by atoms with E-state index in [1.165, 1.54) is 0 Å². The summed E-state index contributed by atoms with van der Waals surface area (Å²) >= 11 is 0. The van der Waals surface area contributed by atoms with Gasteiger partial charge < -0.3 is 43.4 Å². The highest BCUT2D eigenvalue weighted by atomic mass is 16.6. The van der Waals surface area contributed by atoms with Crippen molar-refractivity contribution in [2.24, 2.45) is 23.7 Å². The van der Waals surface area contributed by atoms with Crippen molar-refractivity contribution in [3.63, 3.8) is 0 Å². The smallest absolute Gasteiger partial charge is 0.309 e. The van der Waals surface area contributed by atoms with Crippen LogP contribution in [0.5, 0.6) is 0 Å². The second-order valence-electron chi connectivity index (χ2n) is 15.6. The second-order valence-corrected chi connectivity index (χ2v) is 15.6. The average Bonchev–Trinajstić information content (AvgIpc) is 3.53. The van der Waals surface area contributed by atoms with Crippen LogP contribution in [0.25, 0.3) is 0 Å². The van der Waals surface area contributed by atoms with E-state index in [0.29, 0.717) is 44.9 Å². The maximum atomic E-state index is 13.4. The molecule has 334 valence electrons. The topological polar surface area (TPSA) is 173 Å². The molecule has 13 nitrogen and oxygen atoms in total. The molecule has 0 bridgehead atoms. The number of esters is 4. The highest BCUT2D eigenvalue weighted by Crippen LogP contribution is 2.24. The Balaban J connectivity index is 3.20. The van der Waals surface area contributed by atoms with Crippen LogP contribution in [0.3, 0.4) is 0 Å². The van der Waals surface area contributed by atoms with Crippen LogP contribution < -0.4 is 0 Å². The van der Waals surface area contributed by atoms with Gasteiger partial charge in [-0.1, -0.05) is 107 Å². The predicted octanol–water partition coefficient (Wildman–Crippen LogP) is 7.28. The fourth-order valence-electron chi connectivity index (χ4n) is 6.84. The molecule has 10 atom stereocenters. The van der Waals surface area contributed by atoms with Crippen molar-refractivity contribution in [3.8, 4) is 0 Å². The first-order valence-corrected chi connectivity index (χ1v) is 22.4. The summed E-state index contributed by atoms with van der Waals surface area (Å²) in [4.78, 5) is 52.9. The number of ether oxygens (including phenoxy) is 7. The van der Waals surface area contributed by atoms with Crippen LogP contribution in [0.4, 0.5) is 0 Å². The van der Waals surface area contributed by atoms with Crippen LogP contribution in [0.2, 0.25) is 0 Å². The number of carbonyl (C=O) groups excluding carboxylic acids is 4. The number of carbonyl (C=O) groups is 4. The minimum atomic E-state index is -1.29. The first-order valence-electron chi connectivity index (χ1n) is 22.4. The summed E-state index contributed by atoms with van der Waals surface area (Å²) in [5.41, 5.74) is 0. The maximum Gasteiger partial charge on any atom is 0.309 e. The van der Waals surface area contributed by atoms with Crippen LogP contribution in [0.1, 0.15) is 158 Å². The largest absolute Gasteiger partial charge is 0.461 e. The summed E-state index contributed by atoms with van der Waals surface area (Å²) in [6.07, 6.45) is 6.20. The van der Waals surface area contributed by atoms with E-state index in [9.17, 15) is 29.4 Å². The lowest BCUT2D eigenvalue weighted by Crippen LogP contribution is -2.45. The van der Waals surface area contributed by atoms with Crippen LogP contribution in [-0.2, 0) is 52.3 Å². The minimum absolute atomic E-state index is 0.117. The number of rotatable bonds is 34. The molecule has 57 heavy (non-hydrogen) atoms. The molecule has 13 heteroatoms. The number of hydrogen-bond donors (Lipinski definition) is 2. The third-order valence-corrected chi connectivity index (χ3v) is 10.9. The number of hydrogen-bond acceptors (Lipinski definition) is 13. The summed E-state index contributed by atoms with van der Waals surface area (Å²) in [5, 5.41) is 20.9. The van der Waals surface area contributed by atoms with Crippen molar-refractivity contribution >= 4 is 23.9 Å². The van der Waals surface area contributed by atoms with Gasteiger partial charge in [-0.25, -0.2) is 0 Å². The van der Waals surface area contributed by atoms with Gasteiger partial charge in [0, 0.05) is 0 Å². The van der Waals surface area contributed by atoms with Gasteiger partial charge in [0.05, 0.1) is 56.7 Å². The van der Waals surface area contributed by atoms with Crippen molar-refractivity contribution in [1.29, 1.82) is 0 Å². The molecule has 1 saturated heterocycles. The van der Waals surface area contributed by atoms with Gasteiger partial charge in [-0.3, -0.25) is 19.2 Å². The van der Waals surface area contributed by atoms with E-state index in [2.05, 4.69) is 20.8 Å². The van der Waals surface area contributed by atoms with E-state index in [4.69, 9.17) is 33.2 Å². The van der Waals surface area contributed by atoms with E-state index in [1.54, 1.807) is 0 Å². The van der Waals surface area contributed by atoms with Gasteiger partial charge in [-0.2, -0.15) is 0 Å². The lowest BCUT2D eigenvalue weighted by molar-refractivity contribution is -0.176. The third kappa shape index (κ3) is 20.5. The van der Waals surface area contributed by atoms with E-state index in [0.717, 1.165) is 57.8 Å². The Kier molecular flexibility index (Phi) is 29.2. The van der Waals surface area contributed by atoms with Gasteiger partial charge in [-0.05, 0) is 51.4 Å². The Labute approximate surface area is 343 Å². The molecule has 1 heterocycles. The maximum absolute atomic E-state index is 13.4. The van der Waals surface area contributed by atoms with Crippen LogP contribution in [0.15, 0.2) is 0 Å². The molecule has 1 aliphatic heterocycles. The molecule has 0 radical (unpaired) electrons. The average molecular weight is 817 g/mol. The first-order chi connectivity index (χ1) is 27.4. The molecule has 0 saturated carbocycles. The summed E-state index contributed by atoms with van der Waals surface area (Å²) < 4.78 is 41.2. The van der Waals surface area contributed by atoms with Crippen LogP contribution in [0, 0.1) is 23.7 Å². The Morgan fingerprint density at radius 3 is 1.26 bits per heavy atom. The Morgan fingerprint density at radius 2 is 0.895 bits per heavy atom. The predicted molar refractivity (Wildman–Crippen MR) is 217 cm³/mol. The van der Waals surface area contributed by atoms with Crippen LogP contribution >= 0.6 is 0 Å². The number of aliphatic hydroxyl groups is 2. The van der Waals surface area contributed by atoms with Crippen LogP contribution in [-0.4, -0.2) is 110 Å². The fraction of sp³-hybridized carbons (Fsp3) is 0.909. The monoisotopic (exact) mass is 817 g/mol. The molecule has 0 aromatic heterocycles. The van der Waals surface area contributed by atoms with Gasteiger partial charge in [0.2, 0.25) is 0 Å². The zero-order chi connectivity index (χ0) is 42.6. The van der Waals surface area contributed by atoms with Gasteiger partial charge in [0.15, 0.2) is 12.2 Å². The van der Waals surface area contributed by atoms with Crippen molar-refractivity contribution in [2.45, 2.75) is 195 Å². The highest BCUT2D eigenvalue weighted by molar-refractivity contribution is 5.74. The van der Waals surface area contributed by atoms with E-state index in [-0.39, 0.29) is 81.2 Å². The summed E-state index contributed by atoms with van der Waals surface area (Å²) in [7, 11) is 0. The molecule has 6 unspecified atom stereocenters. The van der Waals surface area contributed by atoms with Gasteiger partial charge in [0.25, 0.3) is 0 Å². The Hall–Kier alpha value is -2.32. The molecule has 0 aliphatic carbocycles. The zero-order valence-corrected chi connectivity index (χ0v) is 36.7. The lowest BCUT2D eigenvalue weighted by atomic mass is 9.99. The number of aliphatic hydroxyl groups excluding tert-OH is 2. The molecule has 1 rings (SSSR count). The summed E-state index contributed by atoms with van der Waals surface area (Å²) in [5.74, 6) is -2.72. The van der Waals surface area contributed by atoms with Gasteiger partial charge >= 0.3 is 23.9 Å². The van der Waals surface area contributed by atoms with Gasteiger partial charge in [-0.15, -0.1) is 0 Å². The normalized spacial score (nSPS) is 20.5. The third-order valence-electron chi connectivity index (χ3n) is 10.9. The van der Waals surface area contributed by atoms with E-state index < -0.39 is 42.6 Å². The molecule has 0 spiro atoms. The van der Waals surface area contributed by atoms with Crippen molar-refractivity contribution < 1.29 is 62.5 Å². The van der Waals surface area contributed by atoms with E-state index >= 15 is 0 Å². The lowest BCUT2D eigenvalue weighted by Gasteiger charge is -2.28. The molecule has 2 N–H and O–H groups in total. The standard InChI is InChI=1S/C44H80O13/c1-9-17-21-31(13-5)41(47)54-28-36(56-43(49)33(15-7)23-19-11-3)27-51-25-35(55-42(48)32(14-6)22-18-10-2)26-52-30-38(40-39(46)37(45)29-53-40)57-44(50)34(16-8)24-20-12-4/h31-40,45-46H,9-30H2,1-8H3/t31?,32?,33?,34?,35?,36?,37-,38+,39+,40+/m0/s1. The molecular weight excluding hydrogens is 736 g/mol. The van der Waals surface area contributed by atoms with Crippen molar-refractivity contribution in [1.82, 2.24) is 0 Å². The molecule has 0 amide bonds. The SMILES string of the molecule is CCCCC(CC)C(=O)OCC(COCC(COC[C@@H](OC(=O)C(CC)CCCC)[C@H]1OC[C@H](O)[C@H]1O)OC(=O)C(CC)CCCC)OC(=O)C(CC)CCCC. The van der Waals surface area contributed by atoms with E-state index in [1.807, 2.05) is 34.6 Å². The molecule has 1 aliphatic rings. The zero-order valence-electron chi connectivity index (χ0n) is 36.7. The Bertz CT molecular complexity index is 1090. The molecule has 1 fully saturated rings. The molecule has 0 aromatic carbocycles. The van der Waals surface area contributed by atoms with Crippen molar-refractivity contribution in [2.75, 3.05) is 39.6 Å².